The number of aliphatic hydroxyl groups is 1. The van der Waals surface area contributed by atoms with E-state index in [0.29, 0.717) is 38.0 Å². The van der Waals surface area contributed by atoms with Crippen LogP contribution in [0, 0.1) is 5.82 Å². The van der Waals surface area contributed by atoms with Gasteiger partial charge >= 0.3 is 0 Å². The fourth-order valence-corrected chi connectivity index (χ4v) is 6.10. The zero-order valence-electron chi connectivity index (χ0n) is 20.0. The predicted molar refractivity (Wildman–Crippen MR) is 129 cm³/mol. The molecule has 2 bridgehead atoms. The zero-order chi connectivity index (χ0) is 25.3. The van der Waals surface area contributed by atoms with Crippen molar-refractivity contribution in [2.45, 2.75) is 87.3 Å². The lowest BCUT2D eigenvalue weighted by atomic mass is 9.60. The number of halogens is 2. The molecule has 1 atom stereocenters. The number of ether oxygens (including phenoxy) is 1. The molecule has 0 radical (unpaired) electrons. The Morgan fingerprint density at radius 3 is 2.58 bits per heavy atom. The highest BCUT2D eigenvalue weighted by Gasteiger charge is 2.55. The van der Waals surface area contributed by atoms with E-state index < -0.39 is 28.9 Å². The fraction of sp³-hybridized carbons (Fsp3) is 0.577. The molecule has 2 aromatic rings. The standard InChI is InChI=1S/C26H31ClFN3O5/c27-18-7-6-17(12-19(18)28)35-15-23(33)29-26-10-8-25(9-11-26,14-22(26)32)30-24(34)21-13-20(31-36-21)16-4-2-1-3-5-16/h6-7,12-13,16,22,32H,1-5,8-11,14-15H2,(H,29,33)(H,30,34). The van der Waals surface area contributed by atoms with Gasteiger partial charge in [-0.3, -0.25) is 9.59 Å². The van der Waals surface area contributed by atoms with Gasteiger partial charge in [0.1, 0.15) is 11.6 Å². The Hall–Kier alpha value is -2.65. The van der Waals surface area contributed by atoms with Crippen molar-refractivity contribution in [3.05, 3.63) is 46.6 Å². The summed E-state index contributed by atoms with van der Waals surface area (Å²) in [4.78, 5) is 25.6. The number of amides is 2. The zero-order valence-corrected chi connectivity index (χ0v) is 20.8. The molecule has 1 aromatic carbocycles. The lowest BCUT2D eigenvalue weighted by Crippen LogP contribution is -2.70. The van der Waals surface area contributed by atoms with Crippen LogP contribution in [0.5, 0.6) is 5.75 Å². The van der Waals surface area contributed by atoms with Crippen molar-refractivity contribution in [2.75, 3.05) is 6.61 Å². The van der Waals surface area contributed by atoms with E-state index in [4.69, 9.17) is 20.9 Å². The number of aromatic nitrogens is 1. The van der Waals surface area contributed by atoms with Crippen LogP contribution in [0.15, 0.2) is 28.8 Å². The maximum absolute atomic E-state index is 13.6. The van der Waals surface area contributed by atoms with Crippen LogP contribution in [0.25, 0.3) is 0 Å². The first-order valence-electron chi connectivity index (χ1n) is 12.6. The molecule has 8 nitrogen and oxygen atoms in total. The van der Waals surface area contributed by atoms with Crippen LogP contribution in [0.3, 0.4) is 0 Å². The third kappa shape index (κ3) is 5.09. The van der Waals surface area contributed by atoms with Crippen molar-refractivity contribution in [3.8, 4) is 5.75 Å². The van der Waals surface area contributed by atoms with Gasteiger partial charge in [-0.05, 0) is 57.1 Å². The number of fused-ring (bicyclic) bond motifs is 3. The van der Waals surface area contributed by atoms with Crippen LogP contribution < -0.4 is 15.4 Å². The Labute approximate surface area is 213 Å². The summed E-state index contributed by atoms with van der Waals surface area (Å²) in [6.45, 7) is -0.313. The number of hydrogen-bond acceptors (Lipinski definition) is 6. The van der Waals surface area contributed by atoms with Gasteiger partial charge in [-0.2, -0.15) is 0 Å². The van der Waals surface area contributed by atoms with Gasteiger partial charge in [0.2, 0.25) is 5.76 Å². The van der Waals surface area contributed by atoms with Crippen molar-refractivity contribution in [3.63, 3.8) is 0 Å². The SMILES string of the molecule is O=C(COc1ccc(Cl)c(F)c1)NC12CCC(NC(=O)c3cc(C4CCCCC4)no3)(CC1)CC2O. The van der Waals surface area contributed by atoms with E-state index in [1.54, 1.807) is 6.07 Å². The molecule has 4 fully saturated rings. The number of aliphatic hydroxyl groups excluding tert-OH is 1. The minimum absolute atomic E-state index is 0.0261. The summed E-state index contributed by atoms with van der Waals surface area (Å²) in [5.74, 6) is -0.611. The number of nitrogens with zero attached hydrogens (tertiary/aromatic N) is 1. The highest BCUT2D eigenvalue weighted by Crippen LogP contribution is 2.47. The fourth-order valence-electron chi connectivity index (χ4n) is 5.98. The molecule has 3 N–H and O–H groups in total. The topological polar surface area (TPSA) is 114 Å². The molecule has 194 valence electrons. The molecule has 2 amide bonds. The molecule has 10 heteroatoms. The molecule has 6 rings (SSSR count). The van der Waals surface area contributed by atoms with Crippen LogP contribution in [-0.2, 0) is 4.79 Å². The third-order valence-electron chi connectivity index (χ3n) is 8.12. The molecule has 1 heterocycles. The molecule has 0 saturated heterocycles. The van der Waals surface area contributed by atoms with Crippen LogP contribution in [0.2, 0.25) is 5.02 Å². The molecule has 0 aliphatic heterocycles. The van der Waals surface area contributed by atoms with Crippen molar-refractivity contribution in [2.24, 2.45) is 0 Å². The Morgan fingerprint density at radius 1 is 1.14 bits per heavy atom. The number of benzene rings is 1. The quantitative estimate of drug-likeness (QED) is 0.504. The highest BCUT2D eigenvalue weighted by molar-refractivity contribution is 6.30. The van der Waals surface area contributed by atoms with Crippen molar-refractivity contribution in [1.29, 1.82) is 0 Å². The van der Waals surface area contributed by atoms with Gasteiger partial charge in [-0.1, -0.05) is 36.0 Å². The van der Waals surface area contributed by atoms with Gasteiger partial charge in [-0.15, -0.1) is 0 Å². The maximum atomic E-state index is 13.6. The third-order valence-corrected chi connectivity index (χ3v) is 8.43. The van der Waals surface area contributed by atoms with Crippen molar-refractivity contribution >= 4 is 23.4 Å². The molecular formula is C26H31ClFN3O5. The number of nitrogens with one attached hydrogen (secondary N) is 2. The lowest BCUT2D eigenvalue weighted by Gasteiger charge is -2.56. The van der Waals surface area contributed by atoms with Gasteiger partial charge in [0.05, 0.1) is 22.4 Å². The van der Waals surface area contributed by atoms with Crippen LogP contribution >= 0.6 is 11.6 Å². The van der Waals surface area contributed by atoms with Crippen LogP contribution in [-0.4, -0.2) is 45.9 Å². The predicted octanol–water partition coefficient (Wildman–Crippen LogP) is 4.26. The van der Waals surface area contributed by atoms with Crippen molar-refractivity contribution in [1.82, 2.24) is 15.8 Å². The molecule has 1 aromatic heterocycles. The minimum Gasteiger partial charge on any atom is -0.484 e. The first-order valence-corrected chi connectivity index (χ1v) is 13.0. The molecule has 4 aliphatic rings. The van der Waals surface area contributed by atoms with E-state index >= 15 is 0 Å². The monoisotopic (exact) mass is 519 g/mol. The summed E-state index contributed by atoms with van der Waals surface area (Å²) in [7, 11) is 0. The highest BCUT2D eigenvalue weighted by atomic mass is 35.5. The second kappa shape index (κ2) is 10.0. The minimum atomic E-state index is -0.829. The summed E-state index contributed by atoms with van der Waals surface area (Å²) < 4.78 is 24.3. The van der Waals surface area contributed by atoms with Crippen LogP contribution in [0.4, 0.5) is 4.39 Å². The molecule has 36 heavy (non-hydrogen) atoms. The average molecular weight is 520 g/mol. The average Bonchev–Trinajstić information content (AvgIpc) is 3.37. The molecule has 4 aliphatic carbocycles. The van der Waals surface area contributed by atoms with Gasteiger partial charge in [0.15, 0.2) is 6.61 Å². The number of carbonyl (C=O) groups is 2. The second-order valence-electron chi connectivity index (χ2n) is 10.5. The summed E-state index contributed by atoms with van der Waals surface area (Å²) in [5, 5.41) is 21.1. The Balaban J connectivity index is 1.16. The van der Waals surface area contributed by atoms with E-state index in [9.17, 15) is 19.1 Å². The Bertz CT molecular complexity index is 1120. The van der Waals surface area contributed by atoms with Gasteiger partial charge in [-0.25, -0.2) is 4.39 Å². The van der Waals surface area contributed by atoms with Gasteiger partial charge in [0, 0.05) is 23.6 Å². The van der Waals surface area contributed by atoms with Gasteiger partial charge in [0.25, 0.3) is 11.8 Å². The number of carbonyl (C=O) groups excluding carboxylic acids is 2. The molecule has 4 saturated carbocycles. The maximum Gasteiger partial charge on any atom is 0.290 e. The first-order chi connectivity index (χ1) is 17.3. The molecule has 1 unspecified atom stereocenters. The summed E-state index contributed by atoms with van der Waals surface area (Å²) in [5.41, 5.74) is -0.494. The lowest BCUT2D eigenvalue weighted by molar-refractivity contribution is -0.132. The van der Waals surface area contributed by atoms with Gasteiger partial charge < -0.3 is 25.0 Å². The van der Waals surface area contributed by atoms with E-state index in [0.717, 1.165) is 24.6 Å². The smallest absolute Gasteiger partial charge is 0.290 e. The molecule has 0 spiro atoms. The van der Waals surface area contributed by atoms with E-state index in [1.165, 1.54) is 31.4 Å². The Morgan fingerprint density at radius 2 is 1.89 bits per heavy atom. The first kappa shape index (κ1) is 25.0. The normalized spacial score (nSPS) is 28.0. The number of rotatable bonds is 7. The van der Waals surface area contributed by atoms with Crippen LogP contribution in [0.1, 0.15) is 86.4 Å². The summed E-state index contributed by atoms with van der Waals surface area (Å²) in [6.07, 6.45) is 7.47. The largest absolute Gasteiger partial charge is 0.484 e. The summed E-state index contributed by atoms with van der Waals surface area (Å²) >= 11 is 5.67. The summed E-state index contributed by atoms with van der Waals surface area (Å²) in [6, 6.07) is 5.71. The van der Waals surface area contributed by atoms with E-state index in [1.807, 2.05) is 0 Å². The van der Waals surface area contributed by atoms with E-state index in [2.05, 4.69) is 15.8 Å². The Kier molecular flexibility index (Phi) is 6.96. The molecular weight excluding hydrogens is 489 g/mol. The van der Waals surface area contributed by atoms with Crippen molar-refractivity contribution < 1.29 is 28.3 Å². The second-order valence-corrected chi connectivity index (χ2v) is 10.9. The van der Waals surface area contributed by atoms with E-state index in [-0.39, 0.29) is 29.0 Å². The number of hydrogen-bond donors (Lipinski definition) is 3.